The van der Waals surface area contributed by atoms with Gasteiger partial charge in [-0.05, 0) is 83.1 Å². The Morgan fingerprint density at radius 3 is 0.929 bits per heavy atom. The number of hydrogen-bond acceptors (Lipinski definition) is 16. The Kier molecular flexibility index (Phi) is 27.1. The van der Waals surface area contributed by atoms with E-state index in [2.05, 4.69) is 55.4 Å². The minimum atomic E-state index is -1.53. The van der Waals surface area contributed by atoms with Gasteiger partial charge in [0.05, 0.1) is 47.3 Å². The van der Waals surface area contributed by atoms with E-state index in [0.29, 0.717) is 13.2 Å². The summed E-state index contributed by atoms with van der Waals surface area (Å²) in [4.78, 5) is 55.2. The number of carboxylic acids is 4. The summed E-state index contributed by atoms with van der Waals surface area (Å²) in [7, 11) is 0. The molecule has 0 unspecified atom stereocenters. The van der Waals surface area contributed by atoms with Gasteiger partial charge >= 0.3 is 80.9 Å². The minimum absolute atomic E-state index is 0. The maximum Gasteiger partial charge on any atom is 1.00 e. The van der Waals surface area contributed by atoms with Crippen LogP contribution in [-0.4, -0.2) is 152 Å². The molecule has 2 aliphatic rings. The molecule has 6 N–H and O–H groups in total. The quantitative estimate of drug-likeness (QED) is 0.0742. The van der Waals surface area contributed by atoms with Crippen molar-refractivity contribution in [2.45, 2.75) is 154 Å². The number of carbonyl (C=O) groups excluding carboxylic acids is 4. The van der Waals surface area contributed by atoms with Gasteiger partial charge in [0.15, 0.2) is 0 Å². The number of rotatable bonds is 17. The summed E-state index contributed by atoms with van der Waals surface area (Å²) < 4.78 is 0. The van der Waals surface area contributed by atoms with Crippen LogP contribution >= 0.6 is 0 Å². The summed E-state index contributed by atoms with van der Waals surface area (Å²) in [5, 5.41) is 82.9. The number of nitrogens with one attached hydrogen (secondary N) is 2. The topological polar surface area (TPSA) is 275 Å². The third-order valence-corrected chi connectivity index (χ3v) is 8.73. The van der Waals surface area contributed by atoms with Gasteiger partial charge < -0.3 is 60.0 Å². The molecule has 0 spiro atoms. The van der Waals surface area contributed by atoms with Crippen molar-refractivity contribution in [1.82, 2.24) is 9.80 Å². The van der Waals surface area contributed by atoms with Crippen LogP contribution in [0.5, 0.6) is 0 Å². The molecule has 56 heavy (non-hydrogen) atoms. The normalized spacial score (nSPS) is 23.5. The van der Waals surface area contributed by atoms with E-state index in [4.69, 9.17) is 9.68 Å². The largest absolute Gasteiger partial charge is 1.00 e. The van der Waals surface area contributed by atoms with Crippen LogP contribution in [0.2, 0.25) is 0 Å². The summed E-state index contributed by atoms with van der Waals surface area (Å²) in [6.45, 7) is 21.1. The molecule has 0 amide bonds. The molecule has 0 radical (unpaired) electrons. The standard InChI is InChI=1S/2C13H27NO3.C10H16N2O8.K.Na/c2*1-11(2)7-10(15)8-12(3,4)14(11)17-9-13(5,6)16;13-7(14)3-11(4-8(15)16)1-2-12(5-9(17)18)6-10(19)20;;/h2*10,15-16H,7-9H2,1-6H3;1-6H2,(H,13,14)(H,15,16)(H,17,18)(H,19,20);;/q;;;2*+1/p-2. The van der Waals surface area contributed by atoms with Crippen LogP contribution in [0.3, 0.4) is 0 Å². The molecule has 2 fully saturated rings. The summed E-state index contributed by atoms with van der Waals surface area (Å²) in [5.41, 5.74) is -2.23. The van der Waals surface area contributed by atoms with E-state index in [0.717, 1.165) is 45.6 Å². The second-order valence-corrected chi connectivity index (χ2v) is 18.4. The number of aliphatic hydroxyl groups excluding tert-OH is 2. The SMILES string of the molecule is CC(C)(O)CO[NH+]1C(C)(C)CC(O)CC1(C)C.CC(C)(O)CO[NH+]1C(C)(C)CC(O)CC1(C)C.O=C([O-])CN(CCN(CC(=O)[O-])CC(=O)[O-])CC(=O)[O-].[K+].[Na+]. The molecule has 0 aromatic carbocycles. The minimum Gasteiger partial charge on any atom is -0.549 e. The van der Waals surface area contributed by atoms with Gasteiger partial charge in [-0.1, -0.05) is 0 Å². The maximum absolute atomic E-state index is 10.4. The Labute approximate surface area is 397 Å². The van der Waals surface area contributed by atoms with E-state index in [-0.39, 0.29) is 128 Å². The Morgan fingerprint density at radius 1 is 0.571 bits per heavy atom. The van der Waals surface area contributed by atoms with E-state index in [1.54, 1.807) is 27.7 Å². The second-order valence-electron chi connectivity index (χ2n) is 18.4. The van der Waals surface area contributed by atoms with Gasteiger partial charge in [0, 0.05) is 65.0 Å². The molecule has 0 saturated carbocycles. The van der Waals surface area contributed by atoms with Crippen LogP contribution in [-0.2, 0) is 28.9 Å². The molecule has 2 aliphatic heterocycles. The van der Waals surface area contributed by atoms with Gasteiger partial charge in [0.2, 0.25) is 0 Å². The van der Waals surface area contributed by atoms with Crippen LogP contribution in [0, 0.1) is 0 Å². The van der Waals surface area contributed by atoms with Crippen molar-refractivity contribution in [3.63, 3.8) is 0 Å². The summed E-state index contributed by atoms with van der Waals surface area (Å²) >= 11 is 0. The number of carboxylic acid groups (broad SMARTS) is 4. The molecule has 20 heteroatoms. The molecular weight excluding hydrogens is 774 g/mol. The van der Waals surface area contributed by atoms with Gasteiger partial charge in [-0.3, -0.25) is 9.80 Å². The molecular formula is C36H68KN4NaO14. The summed E-state index contributed by atoms with van der Waals surface area (Å²) in [6.07, 6.45) is 2.34. The molecule has 318 valence electrons. The number of piperidine rings is 2. The van der Waals surface area contributed by atoms with Crippen molar-refractivity contribution in [2.24, 2.45) is 0 Å². The van der Waals surface area contributed by atoms with Crippen molar-refractivity contribution in [2.75, 3.05) is 52.5 Å². The monoisotopic (exact) mass is 842 g/mol. The molecule has 0 bridgehead atoms. The van der Waals surface area contributed by atoms with Crippen molar-refractivity contribution < 1.29 is 161 Å². The van der Waals surface area contributed by atoms with E-state index < -0.39 is 61.3 Å². The predicted octanol–water partition coefficient (Wildman–Crippen LogP) is -12.8. The molecule has 2 heterocycles. The van der Waals surface area contributed by atoms with Crippen LogP contribution < -0.4 is 111 Å². The van der Waals surface area contributed by atoms with Gasteiger partial charge in [0.1, 0.15) is 35.4 Å². The van der Waals surface area contributed by atoms with Crippen LogP contribution in [0.4, 0.5) is 0 Å². The van der Waals surface area contributed by atoms with E-state index >= 15 is 0 Å². The Bertz CT molecular complexity index is 1070. The smallest absolute Gasteiger partial charge is 0.549 e. The van der Waals surface area contributed by atoms with Crippen molar-refractivity contribution in [3.05, 3.63) is 0 Å². The fourth-order valence-corrected chi connectivity index (χ4v) is 7.42. The van der Waals surface area contributed by atoms with Crippen LogP contribution in [0.15, 0.2) is 0 Å². The van der Waals surface area contributed by atoms with Gasteiger partial charge in [-0.25, -0.2) is 9.68 Å². The fourth-order valence-electron chi connectivity index (χ4n) is 7.42. The molecule has 0 atom stereocenters. The van der Waals surface area contributed by atoms with E-state index in [1.165, 1.54) is 0 Å². The van der Waals surface area contributed by atoms with E-state index in [1.807, 2.05) is 0 Å². The molecule has 2 saturated heterocycles. The zero-order valence-electron chi connectivity index (χ0n) is 36.4. The van der Waals surface area contributed by atoms with E-state index in [9.17, 15) is 60.0 Å². The molecule has 2 rings (SSSR count). The number of nitrogens with zero attached hydrogens (tertiary/aromatic N) is 2. The first kappa shape index (κ1) is 60.4. The van der Waals surface area contributed by atoms with Crippen LogP contribution in [0.1, 0.15) is 109 Å². The number of aliphatic carboxylic acids is 4. The fraction of sp³-hybridized carbons (Fsp3) is 0.889. The molecule has 18 nitrogen and oxygen atoms in total. The van der Waals surface area contributed by atoms with Crippen molar-refractivity contribution in [3.8, 4) is 0 Å². The Balaban J connectivity index is -0.000000742. The average Bonchev–Trinajstić information content (AvgIpc) is 2.86. The summed E-state index contributed by atoms with van der Waals surface area (Å²) in [6, 6.07) is 0. The number of quaternary nitrogens is 2. The van der Waals surface area contributed by atoms with Gasteiger partial charge in [-0.15, -0.1) is 0 Å². The van der Waals surface area contributed by atoms with Gasteiger partial charge in [-0.2, -0.15) is 10.1 Å². The van der Waals surface area contributed by atoms with Crippen molar-refractivity contribution in [1.29, 1.82) is 0 Å². The third-order valence-electron chi connectivity index (χ3n) is 8.73. The first-order chi connectivity index (χ1) is 24.1. The van der Waals surface area contributed by atoms with Crippen LogP contribution in [0.25, 0.3) is 0 Å². The Morgan fingerprint density at radius 2 is 0.768 bits per heavy atom. The average molecular weight is 843 g/mol. The van der Waals surface area contributed by atoms with Gasteiger partial charge in [0.25, 0.3) is 0 Å². The molecule has 0 aromatic rings. The third kappa shape index (κ3) is 25.7. The zero-order chi connectivity index (χ0) is 42.7. The first-order valence-electron chi connectivity index (χ1n) is 18.1. The second kappa shape index (κ2) is 25.1. The zero-order valence-corrected chi connectivity index (χ0v) is 41.5. The first-order valence-corrected chi connectivity index (χ1v) is 18.1. The number of carbonyl (C=O) groups is 4. The van der Waals surface area contributed by atoms with Crippen molar-refractivity contribution >= 4 is 23.9 Å². The molecule has 0 aliphatic carbocycles. The number of hydroxylamine groups is 4. The summed E-state index contributed by atoms with van der Waals surface area (Å²) in [5.74, 6) is -6.12. The maximum atomic E-state index is 10.4. The Hall–Kier alpha value is 0.116. The predicted molar refractivity (Wildman–Crippen MR) is 186 cm³/mol. The number of hydrogen-bond donors (Lipinski definition) is 6. The molecule has 0 aromatic heterocycles. The number of aliphatic hydroxyl groups is 4.